The first-order valence-corrected chi connectivity index (χ1v) is 10.2. The van der Waals surface area contributed by atoms with E-state index in [-0.39, 0.29) is 17.3 Å². The zero-order valence-electron chi connectivity index (χ0n) is 16.2. The second kappa shape index (κ2) is 11.3. The molecular weight excluding hydrogens is 336 g/mol. The molecule has 140 valence electrons. The lowest BCUT2D eigenvalue weighted by molar-refractivity contribution is -0.137. The number of aliphatic carboxylic acids is 1. The molecule has 0 aromatic heterocycles. The Morgan fingerprint density at radius 3 is 1.92 bits per heavy atom. The average Bonchev–Trinajstić information content (AvgIpc) is 2.45. The van der Waals surface area contributed by atoms with E-state index in [1.807, 2.05) is 0 Å². The fourth-order valence-electron chi connectivity index (χ4n) is 3.50. The van der Waals surface area contributed by atoms with E-state index >= 15 is 0 Å². The molecule has 0 bridgehead atoms. The Hall–Kier alpha value is -0.350. The van der Waals surface area contributed by atoms with Crippen LogP contribution >= 0.6 is 24.4 Å². The minimum Gasteiger partial charge on any atom is -0.481 e. The van der Waals surface area contributed by atoms with Gasteiger partial charge in [-0.05, 0) is 53.7 Å². The smallest absolute Gasteiger partial charge is 0.303 e. The predicted molar refractivity (Wildman–Crippen MR) is 112 cm³/mol. The van der Waals surface area contributed by atoms with Crippen LogP contribution in [0.3, 0.4) is 0 Å². The first-order valence-electron chi connectivity index (χ1n) is 9.37. The van der Waals surface area contributed by atoms with Gasteiger partial charge in [-0.25, -0.2) is 0 Å². The number of unbranched alkanes of at least 4 members (excludes halogenated alkanes) is 1. The lowest BCUT2D eigenvalue weighted by Crippen LogP contribution is -2.42. The lowest BCUT2D eigenvalue weighted by atomic mass is 9.59. The number of hydrogen-bond donors (Lipinski definition) is 1. The van der Waals surface area contributed by atoms with Gasteiger partial charge in [0.25, 0.3) is 0 Å². The molecule has 0 aromatic carbocycles. The van der Waals surface area contributed by atoms with E-state index in [1.165, 1.54) is 0 Å². The Kier molecular flexibility index (Phi) is 11.1. The Labute approximate surface area is 159 Å². The van der Waals surface area contributed by atoms with E-state index in [4.69, 9.17) is 29.5 Å². The molecule has 0 amide bonds. The molecule has 0 radical (unpaired) electrons. The van der Waals surface area contributed by atoms with E-state index < -0.39 is 5.97 Å². The monoisotopic (exact) mass is 372 g/mol. The zero-order valence-corrected chi connectivity index (χ0v) is 17.9. The van der Waals surface area contributed by atoms with Gasteiger partial charge in [0.05, 0.1) is 0 Å². The highest BCUT2D eigenvalue weighted by atomic mass is 32.1. The average molecular weight is 373 g/mol. The molecule has 0 rings (SSSR count). The normalized spacial score (nSPS) is 14.2. The van der Waals surface area contributed by atoms with Crippen molar-refractivity contribution >= 4 is 40.1 Å². The molecule has 0 aliphatic heterocycles. The van der Waals surface area contributed by atoms with Crippen LogP contribution in [-0.4, -0.2) is 20.8 Å². The van der Waals surface area contributed by atoms with Crippen LogP contribution < -0.4 is 0 Å². The maximum atomic E-state index is 10.8. The Morgan fingerprint density at radius 1 is 0.875 bits per heavy atom. The molecule has 0 aliphatic carbocycles. The fraction of sp³-hybridized carbons (Fsp3) is 0.850. The summed E-state index contributed by atoms with van der Waals surface area (Å²) in [7, 11) is 0. The van der Waals surface area contributed by atoms with Crippen molar-refractivity contribution < 1.29 is 9.90 Å². The van der Waals surface area contributed by atoms with Gasteiger partial charge in [-0.2, -0.15) is 0 Å². The second-order valence-corrected chi connectivity index (χ2v) is 8.96. The molecule has 0 saturated heterocycles. The summed E-state index contributed by atoms with van der Waals surface area (Å²) < 4.78 is 0. The molecule has 0 aromatic rings. The van der Waals surface area contributed by atoms with Crippen molar-refractivity contribution in [2.45, 2.75) is 98.8 Å². The number of carbonyl (C=O) groups is 1. The quantitative estimate of drug-likeness (QED) is 0.285. The van der Waals surface area contributed by atoms with Crippen molar-refractivity contribution in [2.24, 2.45) is 10.8 Å². The van der Waals surface area contributed by atoms with Crippen LogP contribution in [0.2, 0.25) is 0 Å². The highest BCUT2D eigenvalue weighted by molar-refractivity contribution is 7.80. The molecular formula is C20H36O2S2. The second-order valence-electron chi connectivity index (χ2n) is 7.89. The van der Waals surface area contributed by atoms with Crippen molar-refractivity contribution in [1.82, 2.24) is 0 Å². The van der Waals surface area contributed by atoms with Gasteiger partial charge in [-0.3, -0.25) is 4.79 Å². The van der Waals surface area contributed by atoms with E-state index in [2.05, 4.69) is 34.6 Å². The third-order valence-corrected chi connectivity index (χ3v) is 6.05. The lowest BCUT2D eigenvalue weighted by Gasteiger charge is -2.46. The van der Waals surface area contributed by atoms with E-state index in [1.54, 1.807) is 0 Å². The number of thiocarbonyl (C=S) groups is 2. The standard InChI is InChI=1S/C20H36O2S2/c1-6-10-16(23)13-15-20(19(3,4)5,17(24)11-7-2)14-9-8-12-18(21)22/h6-15H2,1-5H3,(H,21,22). The van der Waals surface area contributed by atoms with Crippen LogP contribution in [0, 0.1) is 10.8 Å². The summed E-state index contributed by atoms with van der Waals surface area (Å²) in [5.74, 6) is -0.711. The van der Waals surface area contributed by atoms with Crippen molar-refractivity contribution in [3.63, 3.8) is 0 Å². The summed E-state index contributed by atoms with van der Waals surface area (Å²) >= 11 is 11.4. The maximum absolute atomic E-state index is 10.8. The summed E-state index contributed by atoms with van der Waals surface area (Å²) in [5.41, 5.74) is 0.0267. The highest BCUT2D eigenvalue weighted by Crippen LogP contribution is 2.49. The molecule has 0 aliphatic rings. The van der Waals surface area contributed by atoms with Gasteiger partial charge in [0.2, 0.25) is 0 Å². The van der Waals surface area contributed by atoms with Gasteiger partial charge in [-0.15, -0.1) is 0 Å². The Bertz CT molecular complexity index is 424. The molecule has 4 heteroatoms. The minimum atomic E-state index is -0.711. The van der Waals surface area contributed by atoms with Crippen LogP contribution in [-0.2, 0) is 4.79 Å². The van der Waals surface area contributed by atoms with Crippen LogP contribution in [0.1, 0.15) is 98.8 Å². The fourth-order valence-corrected chi connectivity index (χ4v) is 4.52. The van der Waals surface area contributed by atoms with Crippen LogP contribution in [0.4, 0.5) is 0 Å². The largest absolute Gasteiger partial charge is 0.481 e. The Balaban J connectivity index is 5.26. The molecule has 2 nitrogen and oxygen atoms in total. The zero-order chi connectivity index (χ0) is 18.8. The van der Waals surface area contributed by atoms with Crippen LogP contribution in [0.25, 0.3) is 0 Å². The van der Waals surface area contributed by atoms with Gasteiger partial charge < -0.3 is 5.11 Å². The van der Waals surface area contributed by atoms with Crippen molar-refractivity contribution in [2.75, 3.05) is 0 Å². The number of carboxylic acid groups (broad SMARTS) is 1. The van der Waals surface area contributed by atoms with Gasteiger partial charge in [-0.1, -0.05) is 78.3 Å². The molecule has 1 N–H and O–H groups in total. The van der Waals surface area contributed by atoms with Crippen molar-refractivity contribution in [3.05, 3.63) is 0 Å². The van der Waals surface area contributed by atoms with Crippen LogP contribution in [0.15, 0.2) is 0 Å². The van der Waals surface area contributed by atoms with Crippen LogP contribution in [0.5, 0.6) is 0 Å². The first-order chi connectivity index (χ1) is 11.1. The Morgan fingerprint density at radius 2 is 1.46 bits per heavy atom. The molecule has 0 heterocycles. The predicted octanol–water partition coefficient (Wildman–Crippen LogP) is 6.78. The summed E-state index contributed by atoms with van der Waals surface area (Å²) in [6.07, 6.45) is 8.93. The van der Waals surface area contributed by atoms with Gasteiger partial charge >= 0.3 is 5.97 Å². The van der Waals surface area contributed by atoms with Gasteiger partial charge in [0, 0.05) is 11.8 Å². The molecule has 1 unspecified atom stereocenters. The van der Waals surface area contributed by atoms with Gasteiger partial charge in [0.15, 0.2) is 0 Å². The maximum Gasteiger partial charge on any atom is 0.303 e. The summed E-state index contributed by atoms with van der Waals surface area (Å²) in [4.78, 5) is 13.1. The van der Waals surface area contributed by atoms with Crippen molar-refractivity contribution in [3.8, 4) is 0 Å². The number of rotatable bonds is 13. The van der Waals surface area contributed by atoms with E-state index in [9.17, 15) is 4.79 Å². The molecule has 0 spiro atoms. The summed E-state index contributed by atoms with van der Waals surface area (Å²) in [5, 5.41) is 8.89. The highest BCUT2D eigenvalue weighted by Gasteiger charge is 2.43. The number of hydrogen-bond acceptors (Lipinski definition) is 3. The molecule has 0 saturated carbocycles. The van der Waals surface area contributed by atoms with E-state index in [0.717, 1.165) is 67.5 Å². The molecule has 24 heavy (non-hydrogen) atoms. The third-order valence-electron chi connectivity index (χ3n) is 5.05. The van der Waals surface area contributed by atoms with Gasteiger partial charge in [0.1, 0.15) is 0 Å². The number of carboxylic acids is 1. The first kappa shape index (κ1) is 23.6. The summed E-state index contributed by atoms with van der Waals surface area (Å²) in [6.45, 7) is 11.2. The molecule has 0 fully saturated rings. The summed E-state index contributed by atoms with van der Waals surface area (Å²) in [6, 6.07) is 0. The minimum absolute atomic E-state index is 0.0331. The third kappa shape index (κ3) is 7.69. The van der Waals surface area contributed by atoms with E-state index in [0.29, 0.717) is 0 Å². The van der Waals surface area contributed by atoms with Crippen molar-refractivity contribution in [1.29, 1.82) is 0 Å². The topological polar surface area (TPSA) is 37.3 Å². The molecule has 1 atom stereocenters. The SMILES string of the molecule is CCCC(=S)CCC(CCCCC(=O)O)(C(=S)CCC)C(C)(C)C.